The average Bonchev–Trinajstić information content (AvgIpc) is 2.95. The van der Waals surface area contributed by atoms with Gasteiger partial charge in [0.2, 0.25) is 5.91 Å². The Bertz CT molecular complexity index is 636. The van der Waals surface area contributed by atoms with Crippen LogP contribution in [0.5, 0.6) is 0 Å². The Morgan fingerprint density at radius 2 is 2.19 bits per heavy atom. The molecule has 0 atom stereocenters. The molecule has 3 rings (SSSR count). The molecule has 1 aliphatic heterocycles. The first kappa shape index (κ1) is 13.8. The van der Waals surface area contributed by atoms with E-state index in [9.17, 15) is 4.79 Å². The molecule has 3 N–H and O–H groups in total. The zero-order valence-corrected chi connectivity index (χ0v) is 11.8. The molecule has 110 valence electrons. The Kier molecular flexibility index (Phi) is 3.98. The maximum absolute atomic E-state index is 12.2. The Balaban J connectivity index is 1.60. The first-order chi connectivity index (χ1) is 10.3. The number of benzene rings is 1. The molecule has 1 amide bonds. The predicted octanol–water partition coefficient (Wildman–Crippen LogP) is 0.796. The van der Waals surface area contributed by atoms with Gasteiger partial charge in [0.05, 0.1) is 13.1 Å². The largest absolute Gasteiger partial charge is 0.333 e. The lowest BCUT2D eigenvalue weighted by Crippen LogP contribution is -2.39. The molecule has 2 heterocycles. The fourth-order valence-corrected chi connectivity index (χ4v) is 2.57. The van der Waals surface area contributed by atoms with Crippen molar-refractivity contribution in [2.45, 2.75) is 19.6 Å². The molecule has 21 heavy (non-hydrogen) atoms. The lowest BCUT2D eigenvalue weighted by atomic mass is 10.2. The summed E-state index contributed by atoms with van der Waals surface area (Å²) in [6.45, 7) is 3.22. The van der Waals surface area contributed by atoms with E-state index in [2.05, 4.69) is 19.8 Å². The molecule has 1 aromatic carbocycles. The fourth-order valence-electron chi connectivity index (χ4n) is 2.57. The molecule has 0 aliphatic carbocycles. The monoisotopic (exact) mass is 285 g/mol. The summed E-state index contributed by atoms with van der Waals surface area (Å²) in [5.41, 5.74) is 7.42. The van der Waals surface area contributed by atoms with Crippen LogP contribution in [0.25, 0.3) is 0 Å². The lowest BCUT2D eigenvalue weighted by molar-refractivity contribution is -0.117. The normalized spacial score (nSPS) is 14.7. The lowest BCUT2D eigenvalue weighted by Gasteiger charge is -2.26. The number of carbonyl (C=O) groups excluding carboxylic acids is 1. The SMILES string of the molecule is NCc1ccccc1NC(=O)CN1CCn2ccnc2C1. The van der Waals surface area contributed by atoms with Crippen molar-refractivity contribution >= 4 is 11.6 Å². The third-order valence-corrected chi connectivity index (χ3v) is 3.70. The maximum Gasteiger partial charge on any atom is 0.238 e. The van der Waals surface area contributed by atoms with Crippen LogP contribution < -0.4 is 11.1 Å². The number of nitrogens with one attached hydrogen (secondary N) is 1. The molecular weight excluding hydrogens is 266 g/mol. The predicted molar refractivity (Wildman–Crippen MR) is 80.5 cm³/mol. The van der Waals surface area contributed by atoms with Crippen LogP contribution in [0.3, 0.4) is 0 Å². The highest BCUT2D eigenvalue weighted by atomic mass is 16.2. The summed E-state index contributed by atoms with van der Waals surface area (Å²) in [6.07, 6.45) is 3.78. The van der Waals surface area contributed by atoms with Gasteiger partial charge in [-0.15, -0.1) is 0 Å². The molecule has 1 aliphatic rings. The topological polar surface area (TPSA) is 76.2 Å². The van der Waals surface area contributed by atoms with Gasteiger partial charge in [-0.25, -0.2) is 4.98 Å². The number of anilines is 1. The van der Waals surface area contributed by atoms with Crippen LogP contribution in [-0.2, 0) is 24.4 Å². The van der Waals surface area contributed by atoms with Crippen molar-refractivity contribution in [3.05, 3.63) is 48.0 Å². The number of carbonyl (C=O) groups is 1. The van der Waals surface area contributed by atoms with E-state index in [-0.39, 0.29) is 5.91 Å². The van der Waals surface area contributed by atoms with Crippen molar-refractivity contribution in [3.8, 4) is 0 Å². The van der Waals surface area contributed by atoms with Gasteiger partial charge in [-0.2, -0.15) is 0 Å². The zero-order valence-electron chi connectivity index (χ0n) is 11.8. The van der Waals surface area contributed by atoms with Gasteiger partial charge in [0.1, 0.15) is 5.82 Å². The molecular formula is C15H19N5O. The number of hydrogen-bond donors (Lipinski definition) is 2. The van der Waals surface area contributed by atoms with Gasteiger partial charge in [0.25, 0.3) is 0 Å². The number of amides is 1. The minimum atomic E-state index is -0.0177. The van der Waals surface area contributed by atoms with E-state index < -0.39 is 0 Å². The molecule has 0 radical (unpaired) electrons. The second-order valence-corrected chi connectivity index (χ2v) is 5.16. The maximum atomic E-state index is 12.2. The Hall–Kier alpha value is -2.18. The second-order valence-electron chi connectivity index (χ2n) is 5.16. The number of imidazole rings is 1. The van der Waals surface area contributed by atoms with Gasteiger partial charge in [-0.1, -0.05) is 18.2 Å². The van der Waals surface area contributed by atoms with Crippen molar-refractivity contribution in [3.63, 3.8) is 0 Å². The van der Waals surface area contributed by atoms with Gasteiger partial charge < -0.3 is 15.6 Å². The molecule has 6 heteroatoms. The van der Waals surface area contributed by atoms with Crippen LogP contribution in [0.2, 0.25) is 0 Å². The molecule has 0 bridgehead atoms. The van der Waals surface area contributed by atoms with Gasteiger partial charge in [-0.05, 0) is 11.6 Å². The minimum absolute atomic E-state index is 0.0177. The summed E-state index contributed by atoms with van der Waals surface area (Å²) in [6, 6.07) is 7.62. The van der Waals surface area contributed by atoms with Gasteiger partial charge in [-0.3, -0.25) is 9.69 Å². The molecule has 6 nitrogen and oxygen atoms in total. The number of aromatic nitrogens is 2. The van der Waals surface area contributed by atoms with Crippen molar-refractivity contribution in [1.82, 2.24) is 14.5 Å². The summed E-state index contributed by atoms with van der Waals surface area (Å²) >= 11 is 0. The number of para-hydroxylation sites is 1. The molecule has 0 fully saturated rings. The highest BCUT2D eigenvalue weighted by Crippen LogP contribution is 2.15. The Labute approximate surface area is 123 Å². The number of rotatable bonds is 4. The van der Waals surface area contributed by atoms with E-state index in [0.717, 1.165) is 30.2 Å². The Morgan fingerprint density at radius 3 is 3.05 bits per heavy atom. The van der Waals surface area contributed by atoms with E-state index in [1.807, 2.05) is 30.5 Å². The van der Waals surface area contributed by atoms with E-state index in [1.165, 1.54) is 0 Å². The molecule has 0 spiro atoms. The van der Waals surface area contributed by atoms with Crippen molar-refractivity contribution in [2.75, 3.05) is 18.4 Å². The molecule has 0 saturated carbocycles. The average molecular weight is 285 g/mol. The molecule has 2 aromatic rings. The standard InChI is InChI=1S/C15H19N5O/c16-9-12-3-1-2-4-13(12)18-15(21)11-19-7-8-20-6-5-17-14(20)10-19/h1-6H,7-11,16H2,(H,18,21). The molecule has 1 aromatic heterocycles. The van der Waals surface area contributed by atoms with Crippen LogP contribution in [0.1, 0.15) is 11.4 Å². The Morgan fingerprint density at radius 1 is 1.33 bits per heavy atom. The number of fused-ring (bicyclic) bond motifs is 1. The highest BCUT2D eigenvalue weighted by molar-refractivity contribution is 5.93. The van der Waals surface area contributed by atoms with Crippen LogP contribution in [0, 0.1) is 0 Å². The second kappa shape index (κ2) is 6.07. The number of nitrogens with two attached hydrogens (primary N) is 1. The van der Waals surface area contributed by atoms with Crippen LogP contribution in [0.15, 0.2) is 36.7 Å². The van der Waals surface area contributed by atoms with E-state index >= 15 is 0 Å². The highest BCUT2D eigenvalue weighted by Gasteiger charge is 2.19. The summed E-state index contributed by atoms with van der Waals surface area (Å²) in [7, 11) is 0. The van der Waals surface area contributed by atoms with Crippen LogP contribution in [-0.4, -0.2) is 33.4 Å². The number of nitrogens with zero attached hydrogens (tertiary/aromatic N) is 3. The summed E-state index contributed by atoms with van der Waals surface area (Å²) in [5.74, 6) is 0.993. The van der Waals surface area contributed by atoms with Crippen molar-refractivity contribution < 1.29 is 4.79 Å². The minimum Gasteiger partial charge on any atom is -0.333 e. The fraction of sp³-hybridized carbons (Fsp3) is 0.333. The van der Waals surface area contributed by atoms with E-state index in [4.69, 9.17) is 5.73 Å². The molecule has 0 saturated heterocycles. The zero-order chi connectivity index (χ0) is 14.7. The van der Waals surface area contributed by atoms with Gasteiger partial charge in [0, 0.05) is 37.7 Å². The van der Waals surface area contributed by atoms with Crippen molar-refractivity contribution in [2.24, 2.45) is 5.73 Å². The van der Waals surface area contributed by atoms with Crippen molar-refractivity contribution in [1.29, 1.82) is 0 Å². The number of hydrogen-bond acceptors (Lipinski definition) is 4. The van der Waals surface area contributed by atoms with Crippen LogP contribution >= 0.6 is 0 Å². The van der Waals surface area contributed by atoms with E-state index in [0.29, 0.717) is 19.6 Å². The van der Waals surface area contributed by atoms with Crippen LogP contribution in [0.4, 0.5) is 5.69 Å². The van der Waals surface area contributed by atoms with Gasteiger partial charge >= 0.3 is 0 Å². The third-order valence-electron chi connectivity index (χ3n) is 3.70. The first-order valence-electron chi connectivity index (χ1n) is 7.06. The van der Waals surface area contributed by atoms with Gasteiger partial charge in [0.15, 0.2) is 0 Å². The third kappa shape index (κ3) is 3.12. The first-order valence-corrected chi connectivity index (χ1v) is 7.06. The smallest absolute Gasteiger partial charge is 0.238 e. The van der Waals surface area contributed by atoms with E-state index in [1.54, 1.807) is 6.20 Å². The quantitative estimate of drug-likeness (QED) is 0.871. The summed E-state index contributed by atoms with van der Waals surface area (Å²) < 4.78 is 2.12. The summed E-state index contributed by atoms with van der Waals surface area (Å²) in [4.78, 5) is 18.6. The molecule has 0 unspecified atom stereocenters. The summed E-state index contributed by atoms with van der Waals surface area (Å²) in [5, 5.41) is 2.94.